The van der Waals surface area contributed by atoms with Crippen molar-refractivity contribution in [3.63, 3.8) is 0 Å². The first-order valence-electron chi connectivity index (χ1n) is 11.2. The molecule has 1 N–H and O–H groups in total. The van der Waals surface area contributed by atoms with E-state index in [2.05, 4.69) is 57.5 Å². The molecule has 0 aliphatic carbocycles. The zero-order valence-electron chi connectivity index (χ0n) is 19.5. The second kappa shape index (κ2) is 9.73. The van der Waals surface area contributed by atoms with Crippen molar-refractivity contribution >= 4 is 29.2 Å². The fraction of sp³-hybridized carbons (Fsp3) is 0.269. The third-order valence-electron chi connectivity index (χ3n) is 5.66. The Morgan fingerprint density at radius 3 is 2.61 bits per heavy atom. The summed E-state index contributed by atoms with van der Waals surface area (Å²) in [5, 5.41) is 4.47. The van der Waals surface area contributed by atoms with Gasteiger partial charge in [-0.2, -0.15) is 5.10 Å². The van der Waals surface area contributed by atoms with Crippen LogP contribution in [-0.2, 0) is 22.5 Å². The molecule has 0 aliphatic rings. The lowest BCUT2D eigenvalue weighted by atomic mass is 10.1. The van der Waals surface area contributed by atoms with Gasteiger partial charge in [0.1, 0.15) is 0 Å². The fourth-order valence-corrected chi connectivity index (χ4v) is 4.10. The molecule has 2 aromatic carbocycles. The van der Waals surface area contributed by atoms with Crippen LogP contribution in [0.2, 0.25) is 0 Å². The summed E-state index contributed by atoms with van der Waals surface area (Å²) in [6.07, 6.45) is 2.11. The Hall–Kier alpha value is -3.87. The monoisotopic (exact) mass is 443 g/mol. The van der Waals surface area contributed by atoms with Gasteiger partial charge in [0.05, 0.1) is 30.3 Å². The number of carbonyl (C=O) groups is 1. The van der Waals surface area contributed by atoms with Gasteiger partial charge in [-0.1, -0.05) is 24.3 Å². The smallest absolute Gasteiger partial charge is 0.310 e. The highest BCUT2D eigenvalue weighted by Crippen LogP contribution is 2.22. The van der Waals surface area contributed by atoms with Crippen molar-refractivity contribution in [2.45, 2.75) is 40.7 Å². The van der Waals surface area contributed by atoms with Crippen molar-refractivity contribution in [1.29, 1.82) is 0 Å². The van der Waals surface area contributed by atoms with Crippen LogP contribution in [-0.4, -0.2) is 32.9 Å². The molecule has 0 saturated heterocycles. The normalized spacial score (nSPS) is 11.4. The van der Waals surface area contributed by atoms with Gasteiger partial charge in [0.25, 0.3) is 0 Å². The van der Waals surface area contributed by atoms with Gasteiger partial charge in [-0.05, 0) is 63.6 Å². The zero-order valence-corrected chi connectivity index (χ0v) is 19.5. The molecule has 2 aromatic heterocycles. The number of nitrogens with zero attached hydrogens (tertiary/aromatic N) is 4. The Morgan fingerprint density at radius 2 is 1.88 bits per heavy atom. The number of imidazole rings is 1. The van der Waals surface area contributed by atoms with Crippen LogP contribution in [0.25, 0.3) is 16.7 Å². The molecule has 0 fully saturated rings. The second-order valence-corrected chi connectivity index (χ2v) is 7.85. The first-order chi connectivity index (χ1) is 16.0. The third kappa shape index (κ3) is 4.67. The number of ether oxygens (including phenoxy) is 1. The zero-order chi connectivity index (χ0) is 23.4. The third-order valence-corrected chi connectivity index (χ3v) is 5.66. The van der Waals surface area contributed by atoms with Crippen molar-refractivity contribution in [3.05, 3.63) is 77.1 Å². The molecule has 0 aliphatic heterocycles. The van der Waals surface area contributed by atoms with E-state index >= 15 is 0 Å². The van der Waals surface area contributed by atoms with Crippen molar-refractivity contribution in [3.8, 4) is 5.69 Å². The number of para-hydroxylation sites is 2. The van der Waals surface area contributed by atoms with E-state index in [9.17, 15) is 4.79 Å². The maximum absolute atomic E-state index is 11.7. The fourth-order valence-electron chi connectivity index (χ4n) is 4.10. The summed E-state index contributed by atoms with van der Waals surface area (Å²) in [5.41, 5.74) is 10.3. The number of nitrogens with one attached hydrogen (secondary N) is 1. The largest absolute Gasteiger partial charge is 0.466 e. The van der Waals surface area contributed by atoms with Crippen LogP contribution in [0, 0.1) is 13.8 Å². The predicted octanol–water partition coefficient (Wildman–Crippen LogP) is 5.02. The van der Waals surface area contributed by atoms with Gasteiger partial charge in [-0.15, -0.1) is 0 Å². The summed E-state index contributed by atoms with van der Waals surface area (Å²) in [7, 11) is 0. The minimum atomic E-state index is -0.207. The number of hydrogen-bond acceptors (Lipinski definition) is 5. The van der Waals surface area contributed by atoms with E-state index in [1.54, 1.807) is 0 Å². The Kier molecular flexibility index (Phi) is 6.58. The summed E-state index contributed by atoms with van der Waals surface area (Å²) >= 11 is 0. The molecular weight excluding hydrogens is 414 g/mol. The molecule has 4 rings (SSSR count). The van der Waals surface area contributed by atoms with E-state index < -0.39 is 0 Å². The molecule has 0 atom stereocenters. The Balaban J connectivity index is 1.52. The van der Waals surface area contributed by atoms with Crippen LogP contribution in [0.4, 0.5) is 5.95 Å². The van der Waals surface area contributed by atoms with Crippen molar-refractivity contribution in [2.24, 2.45) is 5.10 Å². The molecular formula is C26H29N5O2. The van der Waals surface area contributed by atoms with Crippen molar-refractivity contribution in [1.82, 2.24) is 14.1 Å². The number of anilines is 1. The maximum Gasteiger partial charge on any atom is 0.310 e. The molecule has 0 bridgehead atoms. The summed E-state index contributed by atoms with van der Waals surface area (Å²) in [6, 6.07) is 18.2. The second-order valence-electron chi connectivity index (χ2n) is 7.85. The van der Waals surface area contributed by atoms with Crippen molar-refractivity contribution < 1.29 is 9.53 Å². The first-order valence-corrected chi connectivity index (χ1v) is 11.2. The number of aromatic nitrogens is 3. The number of hydrogen-bond donors (Lipinski definition) is 1. The highest BCUT2D eigenvalue weighted by molar-refractivity contribution is 5.83. The summed E-state index contributed by atoms with van der Waals surface area (Å²) < 4.78 is 9.32. The topological polar surface area (TPSA) is 73.4 Å². The number of fused-ring (bicyclic) bond motifs is 1. The predicted molar refractivity (Wildman–Crippen MR) is 132 cm³/mol. The van der Waals surface area contributed by atoms with Crippen molar-refractivity contribution in [2.75, 3.05) is 12.0 Å². The lowest BCUT2D eigenvalue weighted by Gasteiger charge is -2.10. The van der Waals surface area contributed by atoms with Gasteiger partial charge >= 0.3 is 5.97 Å². The molecule has 0 unspecified atom stereocenters. The molecule has 7 nitrogen and oxygen atoms in total. The Labute approximate surface area is 193 Å². The van der Waals surface area contributed by atoms with E-state index in [1.807, 2.05) is 55.6 Å². The Bertz CT molecular complexity index is 1300. The summed E-state index contributed by atoms with van der Waals surface area (Å²) in [6.45, 7) is 9.25. The number of benzene rings is 2. The molecule has 4 aromatic rings. The Morgan fingerprint density at radius 1 is 1.12 bits per heavy atom. The van der Waals surface area contributed by atoms with Gasteiger partial charge in [0, 0.05) is 29.2 Å². The number of hydrazone groups is 1. The SMILES string of the molecule is CCOC(=O)Cc1ccc(-n2c(C)cc(/C=N\Nc3nc4ccccc4n3CC)c2C)cc1. The highest BCUT2D eigenvalue weighted by Gasteiger charge is 2.11. The first kappa shape index (κ1) is 22.3. The number of esters is 1. The van der Waals surface area contributed by atoms with Crippen LogP contribution in [0.3, 0.4) is 0 Å². The van der Waals surface area contributed by atoms with Gasteiger partial charge < -0.3 is 13.9 Å². The number of aryl methyl sites for hydroxylation is 2. The van der Waals surface area contributed by atoms with Gasteiger partial charge in [-0.3, -0.25) is 4.79 Å². The molecule has 0 spiro atoms. The minimum Gasteiger partial charge on any atom is -0.466 e. The lowest BCUT2D eigenvalue weighted by molar-refractivity contribution is -0.142. The molecule has 7 heteroatoms. The van der Waals surface area contributed by atoms with Crippen LogP contribution >= 0.6 is 0 Å². The van der Waals surface area contributed by atoms with Crippen LogP contribution < -0.4 is 5.43 Å². The van der Waals surface area contributed by atoms with Gasteiger partial charge in [0.2, 0.25) is 5.95 Å². The molecule has 170 valence electrons. The van der Waals surface area contributed by atoms with E-state index in [1.165, 1.54) is 0 Å². The number of rotatable bonds is 8. The van der Waals surface area contributed by atoms with Crippen LogP contribution in [0.1, 0.15) is 36.4 Å². The molecule has 0 amide bonds. The number of carbonyl (C=O) groups excluding carboxylic acids is 1. The van der Waals surface area contributed by atoms with E-state index in [0.29, 0.717) is 6.61 Å². The summed E-state index contributed by atoms with van der Waals surface area (Å²) in [5.74, 6) is 0.516. The molecule has 33 heavy (non-hydrogen) atoms. The average Bonchev–Trinajstić information content (AvgIpc) is 3.30. The van der Waals surface area contributed by atoms with E-state index in [4.69, 9.17) is 4.74 Å². The van der Waals surface area contributed by atoms with Crippen LogP contribution in [0.15, 0.2) is 59.7 Å². The maximum atomic E-state index is 11.7. The standard InChI is InChI=1S/C26H29N5O2/c1-5-30-24-10-8-7-9-23(24)28-26(30)29-27-17-21-15-18(3)31(19(21)4)22-13-11-20(12-14-22)16-25(32)33-6-2/h7-15,17H,5-6,16H2,1-4H3,(H,28,29)/b27-17-. The van der Waals surface area contributed by atoms with Gasteiger partial charge in [-0.25, -0.2) is 10.4 Å². The van der Waals surface area contributed by atoms with Gasteiger partial charge in [0.15, 0.2) is 0 Å². The average molecular weight is 444 g/mol. The lowest BCUT2D eigenvalue weighted by Crippen LogP contribution is -2.07. The highest BCUT2D eigenvalue weighted by atomic mass is 16.5. The van der Waals surface area contributed by atoms with E-state index in [0.717, 1.165) is 51.7 Å². The minimum absolute atomic E-state index is 0.207. The van der Waals surface area contributed by atoms with E-state index in [-0.39, 0.29) is 12.4 Å². The molecule has 0 radical (unpaired) electrons. The summed E-state index contributed by atoms with van der Waals surface area (Å²) in [4.78, 5) is 16.4. The quantitative estimate of drug-likeness (QED) is 0.236. The molecule has 0 saturated carbocycles. The molecule has 2 heterocycles. The van der Waals surface area contributed by atoms with Crippen LogP contribution in [0.5, 0.6) is 0 Å².